The van der Waals surface area contributed by atoms with Gasteiger partial charge >= 0.3 is 0 Å². The van der Waals surface area contributed by atoms with Crippen LogP contribution in [0.15, 0.2) is 42.5 Å². The maximum Gasteiger partial charge on any atom is 0.266 e. The van der Waals surface area contributed by atoms with Gasteiger partial charge in [0.25, 0.3) is 23.6 Å². The van der Waals surface area contributed by atoms with Crippen molar-refractivity contribution in [2.75, 3.05) is 19.0 Å². The van der Waals surface area contributed by atoms with E-state index in [0.717, 1.165) is 4.90 Å². The highest BCUT2D eigenvalue weighted by atomic mass is 16.2. The lowest BCUT2D eigenvalue weighted by atomic mass is 10.1. The summed E-state index contributed by atoms with van der Waals surface area (Å²) in [6, 6.07) is 10.7. The minimum absolute atomic E-state index is 0.172. The van der Waals surface area contributed by atoms with Gasteiger partial charge in [0.2, 0.25) is 0 Å². The third-order valence-electron chi connectivity index (χ3n) is 3.95. The quantitative estimate of drug-likeness (QED) is 0.823. The third kappa shape index (κ3) is 2.65. The molecule has 2 aromatic carbocycles. The summed E-state index contributed by atoms with van der Waals surface area (Å²) in [5.74, 6) is -1.83. The second-order valence-corrected chi connectivity index (χ2v) is 5.42. The fourth-order valence-corrected chi connectivity index (χ4v) is 2.71. The van der Waals surface area contributed by atoms with Gasteiger partial charge < -0.3 is 10.6 Å². The first-order valence-corrected chi connectivity index (χ1v) is 7.55. The first-order valence-electron chi connectivity index (χ1n) is 7.55. The number of nitrogens with one attached hydrogen (secondary N) is 2. The van der Waals surface area contributed by atoms with E-state index in [9.17, 15) is 19.2 Å². The molecule has 1 aliphatic heterocycles. The van der Waals surface area contributed by atoms with Crippen LogP contribution in [0.25, 0.3) is 0 Å². The number of rotatable bonds is 3. The first kappa shape index (κ1) is 16.4. The molecule has 0 unspecified atom stereocenters. The Balaban J connectivity index is 2.14. The van der Waals surface area contributed by atoms with E-state index in [2.05, 4.69) is 10.6 Å². The van der Waals surface area contributed by atoms with Gasteiger partial charge in [-0.1, -0.05) is 12.1 Å². The maximum absolute atomic E-state index is 12.6. The minimum atomic E-state index is -0.488. The highest BCUT2D eigenvalue weighted by Gasteiger charge is 2.36. The highest BCUT2D eigenvalue weighted by Crippen LogP contribution is 2.29. The fraction of sp³-hybridized carbons (Fsp3) is 0.111. The molecule has 0 aliphatic carbocycles. The van der Waals surface area contributed by atoms with E-state index >= 15 is 0 Å². The molecule has 0 saturated carbocycles. The molecule has 0 aromatic heterocycles. The van der Waals surface area contributed by atoms with Crippen LogP contribution in [0.4, 0.5) is 5.69 Å². The summed E-state index contributed by atoms with van der Waals surface area (Å²) in [6.45, 7) is 0. The molecule has 0 fully saturated rings. The van der Waals surface area contributed by atoms with E-state index in [1.165, 1.54) is 32.3 Å². The van der Waals surface area contributed by atoms with Crippen LogP contribution in [0, 0.1) is 0 Å². The molecule has 0 spiro atoms. The van der Waals surface area contributed by atoms with Crippen LogP contribution in [-0.4, -0.2) is 37.7 Å². The summed E-state index contributed by atoms with van der Waals surface area (Å²) in [5, 5.41) is 4.93. The SMILES string of the molecule is CNC(=O)c1cc(C(=O)NC)cc(N2C(=O)c3ccccc3C2=O)c1. The van der Waals surface area contributed by atoms with E-state index in [-0.39, 0.29) is 16.8 Å². The summed E-state index contributed by atoms with van der Waals surface area (Å²) in [4.78, 5) is 50.2. The predicted molar refractivity (Wildman–Crippen MR) is 90.8 cm³/mol. The van der Waals surface area contributed by atoms with E-state index in [1.54, 1.807) is 24.3 Å². The lowest BCUT2D eigenvalue weighted by Gasteiger charge is -2.16. The summed E-state index contributed by atoms with van der Waals surface area (Å²) >= 11 is 0. The second-order valence-electron chi connectivity index (χ2n) is 5.42. The van der Waals surface area contributed by atoms with Gasteiger partial charge in [0, 0.05) is 25.2 Å². The van der Waals surface area contributed by atoms with Gasteiger partial charge in [0.15, 0.2) is 0 Å². The third-order valence-corrected chi connectivity index (χ3v) is 3.95. The number of imide groups is 1. The molecule has 0 radical (unpaired) electrons. The standard InChI is InChI=1S/C18H15N3O4/c1-19-15(22)10-7-11(16(23)20-2)9-12(8-10)21-17(24)13-5-3-4-6-14(13)18(21)25/h3-9H,1-2H3,(H,19,22)(H,20,23). The number of benzene rings is 2. The van der Waals surface area contributed by atoms with Gasteiger partial charge in [-0.05, 0) is 30.3 Å². The minimum Gasteiger partial charge on any atom is -0.355 e. The Hall–Kier alpha value is -3.48. The molecule has 25 heavy (non-hydrogen) atoms. The van der Waals surface area contributed by atoms with Gasteiger partial charge in [-0.15, -0.1) is 0 Å². The molecule has 7 heteroatoms. The first-order chi connectivity index (χ1) is 12.0. The summed E-state index contributed by atoms with van der Waals surface area (Å²) in [6.07, 6.45) is 0. The van der Waals surface area contributed by atoms with Crippen LogP contribution >= 0.6 is 0 Å². The Bertz CT molecular complexity index is 851. The highest BCUT2D eigenvalue weighted by molar-refractivity contribution is 6.34. The van der Waals surface area contributed by atoms with E-state index < -0.39 is 23.6 Å². The van der Waals surface area contributed by atoms with Crippen LogP contribution in [0.5, 0.6) is 0 Å². The normalized spacial score (nSPS) is 12.8. The predicted octanol–water partition coefficient (Wildman–Crippen LogP) is 1.21. The van der Waals surface area contributed by atoms with Crippen molar-refractivity contribution in [3.8, 4) is 0 Å². The fourth-order valence-electron chi connectivity index (χ4n) is 2.71. The Labute approximate surface area is 143 Å². The molecule has 1 heterocycles. The van der Waals surface area contributed by atoms with Crippen LogP contribution in [0.3, 0.4) is 0 Å². The maximum atomic E-state index is 12.6. The number of anilines is 1. The van der Waals surface area contributed by atoms with Crippen molar-refractivity contribution in [2.45, 2.75) is 0 Å². The zero-order chi connectivity index (χ0) is 18.1. The van der Waals surface area contributed by atoms with Crippen LogP contribution in [0.2, 0.25) is 0 Å². The van der Waals surface area contributed by atoms with Crippen molar-refractivity contribution in [2.24, 2.45) is 0 Å². The lowest BCUT2D eigenvalue weighted by molar-refractivity contribution is 0.0916. The number of carbonyl (C=O) groups excluding carboxylic acids is 4. The number of carbonyl (C=O) groups is 4. The molecule has 1 aliphatic rings. The Kier molecular flexibility index (Phi) is 4.06. The zero-order valence-electron chi connectivity index (χ0n) is 13.6. The number of hydrogen-bond donors (Lipinski definition) is 2. The Morgan fingerprint density at radius 3 is 1.64 bits per heavy atom. The smallest absolute Gasteiger partial charge is 0.266 e. The van der Waals surface area contributed by atoms with Gasteiger partial charge in [-0.2, -0.15) is 0 Å². The van der Waals surface area contributed by atoms with Crippen LogP contribution in [-0.2, 0) is 0 Å². The van der Waals surface area contributed by atoms with Crippen molar-refractivity contribution in [3.63, 3.8) is 0 Å². The molecule has 0 saturated heterocycles. The molecular weight excluding hydrogens is 322 g/mol. The number of fused-ring (bicyclic) bond motifs is 1. The van der Waals surface area contributed by atoms with E-state index in [4.69, 9.17) is 0 Å². The van der Waals surface area contributed by atoms with Crippen molar-refractivity contribution >= 4 is 29.3 Å². The van der Waals surface area contributed by atoms with Crippen LogP contribution in [0.1, 0.15) is 41.4 Å². The largest absolute Gasteiger partial charge is 0.355 e. The number of nitrogens with zero attached hydrogens (tertiary/aromatic N) is 1. The topological polar surface area (TPSA) is 95.6 Å². The van der Waals surface area contributed by atoms with E-state index in [1.807, 2.05) is 0 Å². The molecule has 0 atom stereocenters. The van der Waals surface area contributed by atoms with Gasteiger partial charge in [-0.25, -0.2) is 4.90 Å². The van der Waals surface area contributed by atoms with Crippen molar-refractivity contribution in [1.82, 2.24) is 10.6 Å². The summed E-state index contributed by atoms with van der Waals surface area (Å²) in [5.41, 5.74) is 1.11. The average Bonchev–Trinajstić information content (AvgIpc) is 2.91. The van der Waals surface area contributed by atoms with Crippen molar-refractivity contribution in [3.05, 3.63) is 64.7 Å². The van der Waals surface area contributed by atoms with Gasteiger partial charge in [-0.3, -0.25) is 19.2 Å². The number of hydrogen-bond acceptors (Lipinski definition) is 4. The molecule has 0 bridgehead atoms. The second kappa shape index (κ2) is 6.20. The molecule has 2 aromatic rings. The van der Waals surface area contributed by atoms with Gasteiger partial charge in [0.1, 0.15) is 0 Å². The van der Waals surface area contributed by atoms with Crippen molar-refractivity contribution < 1.29 is 19.2 Å². The molecule has 126 valence electrons. The average molecular weight is 337 g/mol. The lowest BCUT2D eigenvalue weighted by Crippen LogP contribution is -2.30. The molecule has 7 nitrogen and oxygen atoms in total. The molecule has 4 amide bonds. The molecule has 3 rings (SSSR count). The molecule has 2 N–H and O–H groups in total. The van der Waals surface area contributed by atoms with Crippen LogP contribution < -0.4 is 15.5 Å². The zero-order valence-corrected chi connectivity index (χ0v) is 13.6. The Morgan fingerprint density at radius 1 is 0.800 bits per heavy atom. The Morgan fingerprint density at radius 2 is 1.24 bits per heavy atom. The summed E-state index contributed by atoms with van der Waals surface area (Å²) < 4.78 is 0. The van der Waals surface area contributed by atoms with Gasteiger partial charge in [0.05, 0.1) is 16.8 Å². The molecular formula is C18H15N3O4. The van der Waals surface area contributed by atoms with Crippen molar-refractivity contribution in [1.29, 1.82) is 0 Å². The van der Waals surface area contributed by atoms with E-state index in [0.29, 0.717) is 11.1 Å². The monoisotopic (exact) mass is 337 g/mol. The number of amides is 4. The summed E-state index contributed by atoms with van der Waals surface area (Å²) in [7, 11) is 2.91.